The maximum absolute atomic E-state index is 11.9. The maximum Gasteiger partial charge on any atom is 0.269 e. The van der Waals surface area contributed by atoms with Crippen molar-refractivity contribution in [2.45, 2.75) is 32.7 Å². The molecule has 7 nitrogen and oxygen atoms in total. The standard InChI is InChI=1S/C14H20N4O3/c1-14(2,3)18-8-9(4-12(18)20)5-16-13(21)10-6-15-7-11(19)17-10/h6-7,9H,4-5,8H2,1-3H3,(H,16,21)(H,17,19)/t9-/m0/s1. The molecule has 1 aromatic heterocycles. The quantitative estimate of drug-likeness (QED) is 0.829. The second-order valence-corrected chi connectivity index (χ2v) is 6.27. The number of hydrogen-bond acceptors (Lipinski definition) is 4. The third kappa shape index (κ3) is 3.68. The van der Waals surface area contributed by atoms with Gasteiger partial charge in [0, 0.05) is 31.0 Å². The van der Waals surface area contributed by atoms with Crippen molar-refractivity contribution in [3.63, 3.8) is 0 Å². The predicted molar refractivity (Wildman–Crippen MR) is 76.8 cm³/mol. The smallest absolute Gasteiger partial charge is 0.269 e. The molecule has 1 saturated heterocycles. The largest absolute Gasteiger partial charge is 0.350 e. The SMILES string of the molecule is CC(C)(C)N1C[C@H](CNC(=O)c2cncc(=O)[nH]2)CC1=O. The van der Waals surface area contributed by atoms with E-state index in [9.17, 15) is 14.4 Å². The van der Waals surface area contributed by atoms with E-state index < -0.39 is 5.56 Å². The van der Waals surface area contributed by atoms with Crippen LogP contribution in [0.15, 0.2) is 17.2 Å². The molecular formula is C14H20N4O3. The highest BCUT2D eigenvalue weighted by Crippen LogP contribution is 2.25. The molecule has 114 valence electrons. The molecule has 2 rings (SSSR count). The van der Waals surface area contributed by atoms with Crippen LogP contribution in [0.25, 0.3) is 0 Å². The van der Waals surface area contributed by atoms with E-state index in [0.29, 0.717) is 19.5 Å². The lowest BCUT2D eigenvalue weighted by atomic mass is 10.1. The predicted octanol–water partition coefficient (Wildman–Crippen LogP) is 0.147. The number of carbonyl (C=O) groups excluding carboxylic acids is 2. The van der Waals surface area contributed by atoms with Crippen LogP contribution in [0, 0.1) is 5.92 Å². The summed E-state index contributed by atoms with van der Waals surface area (Å²) in [7, 11) is 0. The van der Waals surface area contributed by atoms with E-state index >= 15 is 0 Å². The second kappa shape index (κ2) is 5.67. The zero-order valence-electron chi connectivity index (χ0n) is 12.5. The fourth-order valence-corrected chi connectivity index (χ4v) is 2.39. The van der Waals surface area contributed by atoms with E-state index in [1.807, 2.05) is 25.7 Å². The molecule has 0 radical (unpaired) electrons. The summed E-state index contributed by atoms with van der Waals surface area (Å²) in [6, 6.07) is 0. The fourth-order valence-electron chi connectivity index (χ4n) is 2.39. The molecule has 21 heavy (non-hydrogen) atoms. The topological polar surface area (TPSA) is 95.2 Å². The Morgan fingerprint density at radius 3 is 2.71 bits per heavy atom. The first-order chi connectivity index (χ1) is 9.77. The second-order valence-electron chi connectivity index (χ2n) is 6.27. The van der Waals surface area contributed by atoms with Gasteiger partial charge in [0.05, 0.1) is 12.4 Å². The number of amides is 2. The van der Waals surface area contributed by atoms with Crippen molar-refractivity contribution in [1.29, 1.82) is 0 Å². The minimum atomic E-state index is -0.419. The summed E-state index contributed by atoms with van der Waals surface area (Å²) in [6.45, 7) is 7.00. The van der Waals surface area contributed by atoms with Crippen LogP contribution >= 0.6 is 0 Å². The minimum Gasteiger partial charge on any atom is -0.350 e. The third-order valence-corrected chi connectivity index (χ3v) is 3.46. The van der Waals surface area contributed by atoms with Gasteiger partial charge in [-0.2, -0.15) is 0 Å². The van der Waals surface area contributed by atoms with Gasteiger partial charge in [-0.15, -0.1) is 0 Å². The van der Waals surface area contributed by atoms with Crippen molar-refractivity contribution >= 4 is 11.8 Å². The number of H-pyrrole nitrogens is 1. The molecule has 0 unspecified atom stereocenters. The lowest BCUT2D eigenvalue weighted by Crippen LogP contribution is -2.42. The minimum absolute atomic E-state index is 0.0871. The van der Waals surface area contributed by atoms with Gasteiger partial charge in [-0.1, -0.05) is 0 Å². The fraction of sp³-hybridized carbons (Fsp3) is 0.571. The van der Waals surface area contributed by atoms with Crippen molar-refractivity contribution in [2.24, 2.45) is 5.92 Å². The van der Waals surface area contributed by atoms with Gasteiger partial charge in [-0.05, 0) is 20.8 Å². The molecule has 0 spiro atoms. The normalized spacial score (nSPS) is 18.9. The molecule has 1 aromatic rings. The highest BCUT2D eigenvalue weighted by Gasteiger charge is 2.36. The first-order valence-corrected chi connectivity index (χ1v) is 6.90. The van der Waals surface area contributed by atoms with Crippen molar-refractivity contribution in [3.8, 4) is 0 Å². The Balaban J connectivity index is 1.91. The van der Waals surface area contributed by atoms with Gasteiger partial charge in [0.15, 0.2) is 0 Å². The van der Waals surface area contributed by atoms with E-state index in [0.717, 1.165) is 6.20 Å². The molecule has 1 aliphatic rings. The lowest BCUT2D eigenvalue weighted by molar-refractivity contribution is -0.131. The molecule has 1 fully saturated rings. The molecule has 0 aromatic carbocycles. The zero-order chi connectivity index (χ0) is 15.6. The summed E-state index contributed by atoms with van der Waals surface area (Å²) in [5.74, 6) is -0.192. The first-order valence-electron chi connectivity index (χ1n) is 6.90. The van der Waals surface area contributed by atoms with E-state index in [1.54, 1.807) is 0 Å². The average molecular weight is 292 g/mol. The zero-order valence-corrected chi connectivity index (χ0v) is 12.5. The first kappa shape index (κ1) is 15.2. The number of rotatable bonds is 3. The van der Waals surface area contributed by atoms with Crippen LogP contribution in [0.2, 0.25) is 0 Å². The van der Waals surface area contributed by atoms with Crippen LogP contribution in [0.5, 0.6) is 0 Å². The van der Waals surface area contributed by atoms with Gasteiger partial charge in [-0.25, -0.2) is 0 Å². The monoisotopic (exact) mass is 292 g/mol. The molecular weight excluding hydrogens is 272 g/mol. The molecule has 7 heteroatoms. The Kier molecular flexibility index (Phi) is 4.11. The number of likely N-dealkylation sites (tertiary alicyclic amines) is 1. The van der Waals surface area contributed by atoms with Crippen molar-refractivity contribution in [2.75, 3.05) is 13.1 Å². The van der Waals surface area contributed by atoms with Crippen LogP contribution in [-0.4, -0.2) is 45.3 Å². The number of carbonyl (C=O) groups is 2. The van der Waals surface area contributed by atoms with E-state index in [1.165, 1.54) is 6.20 Å². The third-order valence-electron chi connectivity index (χ3n) is 3.46. The van der Waals surface area contributed by atoms with Crippen LogP contribution in [0.3, 0.4) is 0 Å². The number of aromatic amines is 1. The summed E-state index contributed by atoms with van der Waals surface area (Å²) >= 11 is 0. The molecule has 1 aliphatic heterocycles. The summed E-state index contributed by atoms with van der Waals surface area (Å²) in [4.78, 5) is 42.9. The Hall–Kier alpha value is -2.18. The summed E-state index contributed by atoms with van der Waals surface area (Å²) in [5, 5.41) is 2.73. The molecule has 0 saturated carbocycles. The molecule has 2 heterocycles. The molecule has 0 bridgehead atoms. The molecule has 1 atom stereocenters. The molecule has 2 amide bonds. The van der Waals surface area contributed by atoms with Crippen LogP contribution in [-0.2, 0) is 4.79 Å². The summed E-state index contributed by atoms with van der Waals surface area (Å²) < 4.78 is 0. The maximum atomic E-state index is 11.9. The molecule has 0 aliphatic carbocycles. The number of hydrogen-bond donors (Lipinski definition) is 2. The van der Waals surface area contributed by atoms with Gasteiger partial charge in [0.25, 0.3) is 11.5 Å². The van der Waals surface area contributed by atoms with Crippen molar-refractivity contribution in [3.05, 3.63) is 28.4 Å². The van der Waals surface area contributed by atoms with Gasteiger partial charge < -0.3 is 15.2 Å². The Labute approximate surface area is 122 Å². The van der Waals surface area contributed by atoms with E-state index in [4.69, 9.17) is 0 Å². The van der Waals surface area contributed by atoms with Crippen LogP contribution in [0.4, 0.5) is 0 Å². The van der Waals surface area contributed by atoms with Gasteiger partial charge >= 0.3 is 0 Å². The Bertz CT molecular complexity index is 603. The number of aromatic nitrogens is 2. The lowest BCUT2D eigenvalue weighted by Gasteiger charge is -2.32. The average Bonchev–Trinajstić information content (AvgIpc) is 2.77. The van der Waals surface area contributed by atoms with Crippen LogP contribution < -0.4 is 10.9 Å². The van der Waals surface area contributed by atoms with E-state index in [-0.39, 0.29) is 29.0 Å². The summed E-state index contributed by atoms with van der Waals surface area (Å²) in [6.07, 6.45) is 2.84. The molecule has 2 N–H and O–H groups in total. The van der Waals surface area contributed by atoms with E-state index in [2.05, 4.69) is 15.3 Å². The van der Waals surface area contributed by atoms with Crippen LogP contribution in [0.1, 0.15) is 37.7 Å². The number of nitrogens with zero attached hydrogens (tertiary/aromatic N) is 2. The van der Waals surface area contributed by atoms with Crippen molar-refractivity contribution in [1.82, 2.24) is 20.2 Å². The number of nitrogens with one attached hydrogen (secondary N) is 2. The summed E-state index contributed by atoms with van der Waals surface area (Å²) in [5.41, 5.74) is -0.498. The van der Waals surface area contributed by atoms with Gasteiger partial charge in [-0.3, -0.25) is 19.4 Å². The van der Waals surface area contributed by atoms with Gasteiger partial charge in [0.1, 0.15) is 5.69 Å². The van der Waals surface area contributed by atoms with Crippen molar-refractivity contribution < 1.29 is 9.59 Å². The highest BCUT2D eigenvalue weighted by atomic mass is 16.2. The highest BCUT2D eigenvalue weighted by molar-refractivity contribution is 5.91. The Morgan fingerprint density at radius 2 is 2.14 bits per heavy atom. The van der Waals surface area contributed by atoms with Gasteiger partial charge in [0.2, 0.25) is 5.91 Å². The Morgan fingerprint density at radius 1 is 1.43 bits per heavy atom.